The summed E-state index contributed by atoms with van der Waals surface area (Å²) in [5, 5.41) is 4.12. The molecule has 0 aliphatic heterocycles. The van der Waals surface area contributed by atoms with Gasteiger partial charge in [0.1, 0.15) is 5.76 Å². The van der Waals surface area contributed by atoms with Crippen LogP contribution >= 0.6 is 0 Å². The van der Waals surface area contributed by atoms with E-state index in [2.05, 4.69) is 53.6 Å². The molecule has 1 atom stereocenters. The SMILES string of the molecule is Cc1ccc([C@@H](CC(=O)NCc2ccco2)c2c[nH]c3ccccc23)cc1. The van der Waals surface area contributed by atoms with Crippen LogP contribution in [0.25, 0.3) is 10.9 Å². The number of H-pyrrole nitrogens is 1. The van der Waals surface area contributed by atoms with E-state index in [0.717, 1.165) is 27.8 Å². The minimum Gasteiger partial charge on any atom is -0.467 e. The Morgan fingerprint density at radius 3 is 2.67 bits per heavy atom. The molecule has 0 bridgehead atoms. The number of furan rings is 1. The second-order valence-corrected chi connectivity index (χ2v) is 6.81. The van der Waals surface area contributed by atoms with Gasteiger partial charge in [0, 0.05) is 29.4 Å². The van der Waals surface area contributed by atoms with Crippen LogP contribution in [-0.4, -0.2) is 10.9 Å². The van der Waals surface area contributed by atoms with E-state index in [9.17, 15) is 4.79 Å². The maximum absolute atomic E-state index is 12.7. The van der Waals surface area contributed by atoms with E-state index in [1.54, 1.807) is 6.26 Å². The van der Waals surface area contributed by atoms with Crippen molar-refractivity contribution >= 4 is 16.8 Å². The Morgan fingerprint density at radius 1 is 1.07 bits per heavy atom. The maximum Gasteiger partial charge on any atom is 0.221 e. The molecule has 2 aromatic carbocycles. The topological polar surface area (TPSA) is 58.0 Å². The molecule has 0 aliphatic rings. The lowest BCUT2D eigenvalue weighted by Crippen LogP contribution is -2.24. The van der Waals surface area contributed by atoms with Crippen LogP contribution in [0, 0.1) is 6.92 Å². The van der Waals surface area contributed by atoms with Crippen molar-refractivity contribution in [2.45, 2.75) is 25.8 Å². The number of para-hydroxylation sites is 1. The van der Waals surface area contributed by atoms with E-state index in [1.807, 2.05) is 30.5 Å². The summed E-state index contributed by atoms with van der Waals surface area (Å²) in [7, 11) is 0. The number of aromatic amines is 1. The van der Waals surface area contributed by atoms with Crippen LogP contribution < -0.4 is 5.32 Å². The summed E-state index contributed by atoms with van der Waals surface area (Å²) in [6.07, 6.45) is 4.02. The molecule has 2 N–H and O–H groups in total. The molecule has 2 heterocycles. The highest BCUT2D eigenvalue weighted by Gasteiger charge is 2.21. The van der Waals surface area contributed by atoms with Gasteiger partial charge in [0.2, 0.25) is 5.91 Å². The number of aryl methyl sites for hydroxylation is 1. The van der Waals surface area contributed by atoms with E-state index in [4.69, 9.17) is 4.42 Å². The van der Waals surface area contributed by atoms with Gasteiger partial charge in [-0.2, -0.15) is 0 Å². The van der Waals surface area contributed by atoms with Crippen molar-refractivity contribution in [1.82, 2.24) is 10.3 Å². The van der Waals surface area contributed by atoms with Gasteiger partial charge in [-0.1, -0.05) is 48.0 Å². The second-order valence-electron chi connectivity index (χ2n) is 6.81. The summed E-state index contributed by atoms with van der Waals surface area (Å²) in [4.78, 5) is 16.0. The summed E-state index contributed by atoms with van der Waals surface area (Å²) in [5.74, 6) is 0.739. The Bertz CT molecular complexity index is 1030. The van der Waals surface area contributed by atoms with Crippen molar-refractivity contribution < 1.29 is 9.21 Å². The minimum atomic E-state index is -0.0154. The Hall–Kier alpha value is -3.27. The number of rotatable bonds is 6. The molecule has 27 heavy (non-hydrogen) atoms. The van der Waals surface area contributed by atoms with Crippen LogP contribution in [0.2, 0.25) is 0 Å². The maximum atomic E-state index is 12.7. The second kappa shape index (κ2) is 7.54. The number of hydrogen-bond donors (Lipinski definition) is 2. The standard InChI is InChI=1S/C23H22N2O2/c1-16-8-10-17(11-9-16)20(13-23(26)25-14-18-5-4-12-27-18)21-15-24-22-7-3-2-6-19(21)22/h2-12,15,20,24H,13-14H2,1H3,(H,25,26)/t20-/m1/s1. The van der Waals surface area contributed by atoms with Crippen LogP contribution in [0.5, 0.6) is 0 Å². The van der Waals surface area contributed by atoms with Crippen molar-refractivity contribution in [1.29, 1.82) is 0 Å². The molecule has 0 unspecified atom stereocenters. The lowest BCUT2D eigenvalue weighted by atomic mass is 9.87. The van der Waals surface area contributed by atoms with Crippen molar-refractivity contribution in [2.75, 3.05) is 0 Å². The summed E-state index contributed by atoms with van der Waals surface area (Å²) < 4.78 is 5.30. The van der Waals surface area contributed by atoms with E-state index in [-0.39, 0.29) is 11.8 Å². The smallest absolute Gasteiger partial charge is 0.221 e. The van der Waals surface area contributed by atoms with Gasteiger partial charge in [0.05, 0.1) is 12.8 Å². The molecular weight excluding hydrogens is 336 g/mol. The molecule has 1 amide bonds. The highest BCUT2D eigenvalue weighted by Crippen LogP contribution is 2.33. The fourth-order valence-electron chi connectivity index (χ4n) is 3.44. The average molecular weight is 358 g/mol. The summed E-state index contributed by atoms with van der Waals surface area (Å²) in [6, 6.07) is 20.3. The molecule has 4 aromatic rings. The van der Waals surface area contributed by atoms with Crippen LogP contribution in [0.1, 0.15) is 34.8 Å². The molecule has 0 saturated heterocycles. The number of aromatic nitrogens is 1. The zero-order valence-corrected chi connectivity index (χ0v) is 15.2. The van der Waals surface area contributed by atoms with Crippen LogP contribution in [0.4, 0.5) is 0 Å². The van der Waals surface area contributed by atoms with E-state index >= 15 is 0 Å². The van der Waals surface area contributed by atoms with Crippen molar-refractivity contribution in [3.8, 4) is 0 Å². The third kappa shape index (κ3) is 3.80. The zero-order chi connectivity index (χ0) is 18.6. The molecule has 4 nitrogen and oxygen atoms in total. The van der Waals surface area contributed by atoms with E-state index in [1.165, 1.54) is 5.56 Å². The van der Waals surface area contributed by atoms with Crippen LogP contribution in [-0.2, 0) is 11.3 Å². The van der Waals surface area contributed by atoms with Gasteiger partial charge < -0.3 is 14.7 Å². The van der Waals surface area contributed by atoms with Crippen LogP contribution in [0.3, 0.4) is 0 Å². The summed E-state index contributed by atoms with van der Waals surface area (Å²) >= 11 is 0. The number of carbonyl (C=O) groups excluding carboxylic acids is 1. The van der Waals surface area contributed by atoms with Gasteiger partial charge in [-0.25, -0.2) is 0 Å². The Kier molecular flexibility index (Phi) is 4.79. The molecule has 4 rings (SSSR count). The summed E-state index contributed by atoms with van der Waals surface area (Å²) in [5.41, 5.74) is 4.57. The van der Waals surface area contributed by atoms with Gasteiger partial charge in [0.25, 0.3) is 0 Å². The number of carbonyl (C=O) groups is 1. The van der Waals surface area contributed by atoms with E-state index < -0.39 is 0 Å². The number of fused-ring (bicyclic) bond motifs is 1. The average Bonchev–Trinajstić information content (AvgIpc) is 3.35. The van der Waals surface area contributed by atoms with Crippen molar-refractivity contribution in [2.24, 2.45) is 0 Å². The fourth-order valence-corrected chi connectivity index (χ4v) is 3.44. The third-order valence-electron chi connectivity index (χ3n) is 4.91. The lowest BCUT2D eigenvalue weighted by molar-refractivity contribution is -0.121. The highest BCUT2D eigenvalue weighted by molar-refractivity contribution is 5.86. The minimum absolute atomic E-state index is 0.00209. The molecule has 0 aliphatic carbocycles. The molecular formula is C23H22N2O2. The molecule has 0 spiro atoms. The molecule has 136 valence electrons. The first-order chi connectivity index (χ1) is 13.2. The van der Waals surface area contributed by atoms with Gasteiger partial charge in [-0.05, 0) is 36.2 Å². The number of benzene rings is 2. The number of hydrogen-bond acceptors (Lipinski definition) is 2. The molecule has 2 aromatic heterocycles. The zero-order valence-electron chi connectivity index (χ0n) is 15.2. The quantitative estimate of drug-likeness (QED) is 0.515. The monoisotopic (exact) mass is 358 g/mol. The van der Waals surface area contributed by atoms with Gasteiger partial charge in [-0.15, -0.1) is 0 Å². The Balaban J connectivity index is 1.62. The van der Waals surface area contributed by atoms with Crippen molar-refractivity contribution in [3.63, 3.8) is 0 Å². The molecule has 0 radical (unpaired) electrons. The van der Waals surface area contributed by atoms with Gasteiger partial charge in [0.15, 0.2) is 0 Å². The van der Waals surface area contributed by atoms with E-state index in [0.29, 0.717) is 13.0 Å². The number of nitrogens with one attached hydrogen (secondary N) is 2. The fraction of sp³-hybridized carbons (Fsp3) is 0.174. The first kappa shape index (κ1) is 17.2. The lowest BCUT2D eigenvalue weighted by Gasteiger charge is -2.17. The third-order valence-corrected chi connectivity index (χ3v) is 4.91. The normalized spacial score (nSPS) is 12.2. The van der Waals surface area contributed by atoms with Crippen LogP contribution in [0.15, 0.2) is 77.5 Å². The van der Waals surface area contributed by atoms with Gasteiger partial charge >= 0.3 is 0 Å². The highest BCUT2D eigenvalue weighted by atomic mass is 16.3. The predicted octanol–water partition coefficient (Wildman–Crippen LogP) is 4.91. The molecule has 0 saturated carbocycles. The first-order valence-corrected chi connectivity index (χ1v) is 9.12. The number of amides is 1. The first-order valence-electron chi connectivity index (χ1n) is 9.12. The Morgan fingerprint density at radius 2 is 1.89 bits per heavy atom. The van der Waals surface area contributed by atoms with Gasteiger partial charge in [-0.3, -0.25) is 4.79 Å². The Labute approximate surface area is 158 Å². The molecule has 0 fully saturated rings. The predicted molar refractivity (Wildman–Crippen MR) is 106 cm³/mol. The summed E-state index contributed by atoms with van der Waals surface area (Å²) in [6.45, 7) is 2.47. The largest absolute Gasteiger partial charge is 0.467 e. The molecule has 4 heteroatoms. The van der Waals surface area contributed by atoms with Crippen molar-refractivity contribution in [3.05, 3.63) is 95.6 Å².